The SMILES string of the molecule is Cc1cc(O)c(O)cc1C(=O)ON=C(C(=O)N[C@@H]1C(=O)N2C(C(=O)O)=C(CSc3nn4c(C)cc(=O)nc4s3)CS[C@H]12)c1csc(N)n1. The number of nitrogens with one attached hydrogen (secondary N) is 1. The predicted molar refractivity (Wildman–Crippen MR) is 175 cm³/mol. The molecule has 21 heteroatoms. The summed E-state index contributed by atoms with van der Waals surface area (Å²) in [5, 5.41) is 40.9. The Morgan fingerprint density at radius 2 is 1.92 bits per heavy atom. The number of hydrogen-bond donors (Lipinski definition) is 5. The van der Waals surface area contributed by atoms with E-state index in [0.717, 1.165) is 28.4 Å². The second-order valence-electron chi connectivity index (χ2n) is 10.3. The minimum atomic E-state index is -1.32. The van der Waals surface area contributed by atoms with Crippen LogP contribution < -0.4 is 16.6 Å². The van der Waals surface area contributed by atoms with E-state index in [2.05, 4.69) is 25.5 Å². The number of oxime groups is 1. The van der Waals surface area contributed by atoms with E-state index in [1.54, 1.807) is 6.92 Å². The molecule has 17 nitrogen and oxygen atoms in total. The molecule has 6 N–H and O–H groups in total. The summed E-state index contributed by atoms with van der Waals surface area (Å²) in [5.74, 6) is -4.59. The van der Waals surface area contributed by atoms with Crippen molar-refractivity contribution in [2.45, 2.75) is 29.6 Å². The van der Waals surface area contributed by atoms with Crippen molar-refractivity contribution in [2.75, 3.05) is 17.2 Å². The first-order valence-corrected chi connectivity index (χ1v) is 17.3. The zero-order valence-corrected chi connectivity index (χ0v) is 27.8. The number of rotatable bonds is 9. The van der Waals surface area contributed by atoms with Gasteiger partial charge in [0.2, 0.25) is 4.96 Å². The van der Waals surface area contributed by atoms with Gasteiger partial charge in [-0.1, -0.05) is 28.3 Å². The fourth-order valence-electron chi connectivity index (χ4n) is 4.78. The molecule has 0 saturated carbocycles. The van der Waals surface area contributed by atoms with Crippen LogP contribution in [0.4, 0.5) is 5.13 Å². The highest BCUT2D eigenvalue weighted by atomic mass is 32.2. The number of carboxylic acid groups (broad SMARTS) is 1. The highest BCUT2D eigenvalue weighted by Crippen LogP contribution is 2.42. The van der Waals surface area contributed by atoms with E-state index in [4.69, 9.17) is 10.6 Å². The third kappa shape index (κ3) is 6.19. The van der Waals surface area contributed by atoms with Crippen LogP contribution in [0.15, 0.2) is 49.1 Å². The van der Waals surface area contributed by atoms with Crippen LogP contribution in [0.3, 0.4) is 0 Å². The summed E-state index contributed by atoms with van der Waals surface area (Å²) < 4.78 is 2.07. The fraction of sp³-hybridized carbons (Fsp3) is 0.222. The molecule has 1 fully saturated rings. The van der Waals surface area contributed by atoms with Gasteiger partial charge >= 0.3 is 11.9 Å². The van der Waals surface area contributed by atoms with Crippen molar-refractivity contribution in [2.24, 2.45) is 5.16 Å². The molecule has 48 heavy (non-hydrogen) atoms. The largest absolute Gasteiger partial charge is 0.504 e. The number of carbonyl (C=O) groups excluding carboxylic acids is 3. The Morgan fingerprint density at radius 1 is 1.17 bits per heavy atom. The number of aromatic hydroxyl groups is 2. The molecule has 248 valence electrons. The Morgan fingerprint density at radius 3 is 2.62 bits per heavy atom. The molecule has 5 heterocycles. The van der Waals surface area contributed by atoms with Gasteiger partial charge in [-0.15, -0.1) is 28.2 Å². The summed E-state index contributed by atoms with van der Waals surface area (Å²) in [6.45, 7) is 3.20. The lowest BCUT2D eigenvalue weighted by atomic mass is 10.0. The van der Waals surface area contributed by atoms with Gasteiger partial charge in [0.1, 0.15) is 22.8 Å². The van der Waals surface area contributed by atoms with Gasteiger partial charge in [-0.2, -0.15) is 4.98 Å². The number of benzene rings is 1. The summed E-state index contributed by atoms with van der Waals surface area (Å²) in [7, 11) is 0. The molecule has 1 saturated heterocycles. The number of thiazole rings is 1. The molecule has 0 aliphatic carbocycles. The van der Waals surface area contributed by atoms with Crippen LogP contribution in [0.1, 0.15) is 27.3 Å². The Labute approximate surface area is 285 Å². The van der Waals surface area contributed by atoms with E-state index in [0.29, 0.717) is 20.6 Å². The zero-order chi connectivity index (χ0) is 34.4. The first-order chi connectivity index (χ1) is 22.8. The number of nitrogens with zero attached hydrogens (tertiary/aromatic N) is 6. The number of β-lactam (4-membered cyclic amide) rings is 1. The summed E-state index contributed by atoms with van der Waals surface area (Å²) in [4.78, 5) is 78.0. The number of carbonyl (C=O) groups is 4. The smallest absolute Gasteiger partial charge is 0.366 e. The van der Waals surface area contributed by atoms with Crippen molar-refractivity contribution in [1.29, 1.82) is 0 Å². The van der Waals surface area contributed by atoms with Crippen molar-refractivity contribution in [3.8, 4) is 11.5 Å². The van der Waals surface area contributed by atoms with Crippen LogP contribution in [-0.2, 0) is 19.2 Å². The van der Waals surface area contributed by atoms with Crippen LogP contribution >= 0.6 is 46.2 Å². The third-order valence-corrected chi connectivity index (χ3v) is 11.2. The number of hydrogen-bond acceptors (Lipinski definition) is 17. The number of anilines is 1. The van der Waals surface area contributed by atoms with Crippen molar-refractivity contribution in [3.05, 3.63) is 67.7 Å². The molecule has 4 aromatic rings. The molecule has 2 atom stereocenters. The average Bonchev–Trinajstić information content (AvgIpc) is 3.65. The molecule has 6 rings (SSSR count). The maximum Gasteiger partial charge on any atom is 0.366 e. The molecule has 2 amide bonds. The minimum Gasteiger partial charge on any atom is -0.504 e. The van der Waals surface area contributed by atoms with E-state index < -0.39 is 57.9 Å². The highest BCUT2D eigenvalue weighted by molar-refractivity contribution is 8.02. The minimum absolute atomic E-state index is 0.0525. The summed E-state index contributed by atoms with van der Waals surface area (Å²) in [6.07, 6.45) is 0. The van der Waals surface area contributed by atoms with Gasteiger partial charge in [0.15, 0.2) is 26.7 Å². The number of thioether (sulfide) groups is 2. The quantitative estimate of drug-likeness (QED) is 0.0407. The number of nitrogens with two attached hydrogens (primary N) is 1. The van der Waals surface area contributed by atoms with Crippen molar-refractivity contribution >= 4 is 85.8 Å². The first kappa shape index (κ1) is 32.9. The molecule has 0 radical (unpaired) electrons. The van der Waals surface area contributed by atoms with Gasteiger partial charge in [0.05, 0.1) is 5.56 Å². The lowest BCUT2D eigenvalue weighted by Crippen LogP contribution is -2.71. The number of fused-ring (bicyclic) bond motifs is 2. The van der Waals surface area contributed by atoms with Crippen LogP contribution in [0.5, 0.6) is 11.5 Å². The van der Waals surface area contributed by atoms with Crippen molar-refractivity contribution < 1.29 is 39.3 Å². The van der Waals surface area contributed by atoms with Gasteiger partial charge in [-0.05, 0) is 37.1 Å². The van der Waals surface area contributed by atoms with Crippen molar-refractivity contribution in [3.63, 3.8) is 0 Å². The topological polar surface area (TPSA) is 252 Å². The lowest BCUT2D eigenvalue weighted by Gasteiger charge is -2.49. The Bertz CT molecular complexity index is 2160. The lowest BCUT2D eigenvalue weighted by molar-refractivity contribution is -0.150. The van der Waals surface area contributed by atoms with Gasteiger partial charge in [-0.3, -0.25) is 19.3 Å². The fourth-order valence-corrected chi connectivity index (χ4v) is 8.80. The Hall–Kier alpha value is -4.99. The Balaban J connectivity index is 1.19. The summed E-state index contributed by atoms with van der Waals surface area (Å²) in [6, 6.07) is 2.33. The maximum atomic E-state index is 13.4. The van der Waals surface area contributed by atoms with E-state index in [-0.39, 0.29) is 39.2 Å². The molecule has 0 unspecified atom stereocenters. The van der Waals surface area contributed by atoms with Gasteiger partial charge in [0.25, 0.3) is 17.4 Å². The zero-order valence-electron chi connectivity index (χ0n) is 24.6. The molecular weight excluding hydrogens is 709 g/mol. The van der Waals surface area contributed by atoms with Gasteiger partial charge < -0.3 is 31.2 Å². The van der Waals surface area contributed by atoms with Gasteiger partial charge in [0, 0.05) is 28.6 Å². The van der Waals surface area contributed by atoms with E-state index >= 15 is 0 Å². The van der Waals surface area contributed by atoms with Crippen molar-refractivity contribution in [1.82, 2.24) is 29.8 Å². The number of amides is 2. The van der Waals surface area contributed by atoms with Crippen LogP contribution in [0, 0.1) is 13.8 Å². The van der Waals surface area contributed by atoms with E-state index in [1.807, 2.05) is 0 Å². The third-order valence-electron chi connectivity index (χ3n) is 7.06. The molecule has 3 aromatic heterocycles. The molecule has 0 bridgehead atoms. The number of phenols is 2. The molecule has 2 aliphatic rings. The van der Waals surface area contributed by atoms with Gasteiger partial charge in [-0.25, -0.2) is 19.1 Å². The summed E-state index contributed by atoms with van der Waals surface area (Å²) >= 11 is 4.65. The van der Waals surface area contributed by atoms with E-state index in [9.17, 15) is 39.3 Å². The number of aromatic nitrogens is 4. The normalized spacial score (nSPS) is 17.7. The molecular formula is C27H22N8O9S4. The van der Waals surface area contributed by atoms with Crippen LogP contribution in [0.25, 0.3) is 4.96 Å². The maximum absolute atomic E-state index is 13.4. The highest BCUT2D eigenvalue weighted by Gasteiger charge is 2.54. The molecule has 2 aliphatic heterocycles. The molecule has 0 spiro atoms. The number of carboxylic acids is 1. The average molecular weight is 731 g/mol. The number of aliphatic carboxylic acids is 1. The second-order valence-corrected chi connectivity index (χ2v) is 14.4. The first-order valence-electron chi connectivity index (χ1n) is 13.6. The molecule has 1 aromatic carbocycles. The van der Waals surface area contributed by atoms with Crippen LogP contribution in [-0.4, -0.2) is 92.2 Å². The Kier molecular flexibility index (Phi) is 8.85. The number of aryl methyl sites for hydroxylation is 2. The standard InChI is InChI=1S/C27H22N8O9S4/c1-9-3-14(36)15(37)5-12(9)24(43)44-33-17(13-8-46-25(28)29-13)20(39)31-18-21(40)34-19(23(41)42)11(6-45-22(18)34)7-47-27-32-35-10(2)4-16(38)30-26(35)48-27/h3-5,8,18,22,36-37H,6-7H2,1-2H3,(H2,28,29)(H,31,39)(H,41,42)/t18-,22-/m1/s1. The van der Waals surface area contributed by atoms with Crippen LogP contribution in [0.2, 0.25) is 0 Å². The summed E-state index contributed by atoms with van der Waals surface area (Å²) in [5.41, 5.74) is 5.78. The number of nitrogen functional groups attached to an aromatic ring is 1. The monoisotopic (exact) mass is 730 g/mol. The van der Waals surface area contributed by atoms with E-state index in [1.165, 1.54) is 57.7 Å². The number of phenolic OH excluding ortho intramolecular Hbond substituents is 2. The predicted octanol–water partition coefficient (Wildman–Crippen LogP) is 1.31. The second kappa shape index (κ2) is 12.9.